The summed E-state index contributed by atoms with van der Waals surface area (Å²) in [5.74, 6) is -0.696. The van der Waals surface area contributed by atoms with Gasteiger partial charge in [-0.05, 0) is 15.9 Å². The number of carbonyl (C=O) groups is 1. The van der Waals surface area contributed by atoms with E-state index in [4.69, 9.17) is 4.74 Å². The van der Waals surface area contributed by atoms with Gasteiger partial charge in [-0.25, -0.2) is 18.6 Å². The minimum Gasteiger partial charge on any atom is -0.495 e. The topological polar surface area (TPSA) is 48.4 Å². The molecule has 0 saturated heterocycles. The van der Waals surface area contributed by atoms with Gasteiger partial charge >= 0.3 is 5.97 Å². The molecule has 1 aromatic heterocycles. The molecule has 4 nitrogen and oxygen atoms in total. The number of nitrogens with zero attached hydrogens (tertiary/aromatic N) is 1. The molecular weight excluding hydrogens is 288 g/mol. The molecule has 0 N–H and O–H groups in total. The standard InChI is InChI=1S/C9H8BrF2NO3/c1-15-5-3-4(9(14)16-2)13-7(6(5)10)8(11)12/h3,8H,1-2H3. The number of rotatable bonds is 3. The van der Waals surface area contributed by atoms with Gasteiger partial charge in [-0.3, -0.25) is 0 Å². The number of esters is 1. The molecule has 0 radical (unpaired) electrons. The van der Waals surface area contributed by atoms with Crippen molar-refractivity contribution in [2.75, 3.05) is 14.2 Å². The number of hydrogen-bond donors (Lipinski definition) is 0. The summed E-state index contributed by atoms with van der Waals surface area (Å²) < 4.78 is 34.4. The van der Waals surface area contributed by atoms with E-state index in [9.17, 15) is 13.6 Å². The summed E-state index contributed by atoms with van der Waals surface area (Å²) >= 11 is 2.93. The molecular formula is C9H8BrF2NO3. The number of halogens is 3. The maximum Gasteiger partial charge on any atom is 0.356 e. The van der Waals surface area contributed by atoms with Crippen molar-refractivity contribution < 1.29 is 23.0 Å². The molecule has 0 aromatic carbocycles. The van der Waals surface area contributed by atoms with Crippen molar-refractivity contribution in [2.45, 2.75) is 6.43 Å². The van der Waals surface area contributed by atoms with Gasteiger partial charge in [0, 0.05) is 6.07 Å². The van der Waals surface area contributed by atoms with Crippen LogP contribution in [0, 0.1) is 0 Å². The van der Waals surface area contributed by atoms with Crippen LogP contribution in [0.1, 0.15) is 22.6 Å². The van der Waals surface area contributed by atoms with Gasteiger partial charge < -0.3 is 9.47 Å². The zero-order valence-electron chi connectivity index (χ0n) is 8.46. The lowest BCUT2D eigenvalue weighted by molar-refractivity contribution is 0.0591. The quantitative estimate of drug-likeness (QED) is 0.804. The van der Waals surface area contributed by atoms with Crippen LogP contribution >= 0.6 is 15.9 Å². The SMILES string of the molecule is COC(=O)c1cc(OC)c(Br)c(C(F)F)n1. The number of ether oxygens (including phenoxy) is 2. The maximum atomic E-state index is 12.6. The van der Waals surface area contributed by atoms with Crippen molar-refractivity contribution >= 4 is 21.9 Å². The van der Waals surface area contributed by atoms with Crippen molar-refractivity contribution in [3.8, 4) is 5.75 Å². The number of carbonyl (C=O) groups excluding carboxylic acids is 1. The Bertz CT molecular complexity index is 412. The van der Waals surface area contributed by atoms with E-state index in [1.165, 1.54) is 13.2 Å². The van der Waals surface area contributed by atoms with Gasteiger partial charge in [0.05, 0.1) is 18.7 Å². The van der Waals surface area contributed by atoms with E-state index in [1.807, 2.05) is 0 Å². The fourth-order valence-electron chi connectivity index (χ4n) is 1.03. The van der Waals surface area contributed by atoms with E-state index in [1.54, 1.807) is 0 Å². The summed E-state index contributed by atoms with van der Waals surface area (Å²) in [5, 5.41) is 0. The summed E-state index contributed by atoms with van der Waals surface area (Å²) in [5.41, 5.74) is -0.780. The van der Waals surface area contributed by atoms with Crippen LogP contribution in [-0.2, 0) is 4.74 Å². The predicted molar refractivity (Wildman–Crippen MR) is 54.8 cm³/mol. The van der Waals surface area contributed by atoms with Crippen LogP contribution < -0.4 is 4.74 Å². The van der Waals surface area contributed by atoms with Gasteiger partial charge in [-0.2, -0.15) is 0 Å². The molecule has 1 aromatic rings. The van der Waals surface area contributed by atoms with Crippen molar-refractivity contribution in [2.24, 2.45) is 0 Å². The van der Waals surface area contributed by atoms with E-state index in [2.05, 4.69) is 25.7 Å². The second kappa shape index (κ2) is 5.20. The summed E-state index contributed by atoms with van der Waals surface area (Å²) in [4.78, 5) is 14.7. The highest BCUT2D eigenvalue weighted by molar-refractivity contribution is 9.10. The van der Waals surface area contributed by atoms with E-state index in [0.717, 1.165) is 7.11 Å². The molecule has 0 saturated carbocycles. The Labute approximate surface area is 98.7 Å². The summed E-state index contributed by atoms with van der Waals surface area (Å²) in [6.45, 7) is 0. The maximum absolute atomic E-state index is 12.6. The van der Waals surface area contributed by atoms with Crippen LogP contribution in [0.4, 0.5) is 8.78 Å². The van der Waals surface area contributed by atoms with Gasteiger partial charge in [-0.1, -0.05) is 0 Å². The molecule has 88 valence electrons. The molecule has 1 rings (SSSR count). The first kappa shape index (κ1) is 12.8. The summed E-state index contributed by atoms with van der Waals surface area (Å²) in [7, 11) is 2.44. The summed E-state index contributed by atoms with van der Waals surface area (Å²) in [6.07, 6.45) is -2.81. The zero-order valence-corrected chi connectivity index (χ0v) is 10.0. The molecule has 16 heavy (non-hydrogen) atoms. The van der Waals surface area contributed by atoms with Crippen LogP contribution in [-0.4, -0.2) is 25.2 Å². The molecule has 1 heterocycles. The number of alkyl halides is 2. The second-order valence-corrected chi connectivity index (χ2v) is 3.49. The first-order valence-corrected chi connectivity index (χ1v) is 4.91. The fraction of sp³-hybridized carbons (Fsp3) is 0.333. The van der Waals surface area contributed by atoms with Crippen molar-refractivity contribution in [1.82, 2.24) is 4.98 Å². The lowest BCUT2D eigenvalue weighted by Gasteiger charge is -2.09. The van der Waals surface area contributed by atoms with E-state index >= 15 is 0 Å². The monoisotopic (exact) mass is 295 g/mol. The first-order chi connectivity index (χ1) is 7.51. The Morgan fingerprint density at radius 3 is 2.56 bits per heavy atom. The lowest BCUT2D eigenvalue weighted by Crippen LogP contribution is -2.08. The fourth-order valence-corrected chi connectivity index (χ4v) is 1.57. The molecule has 0 unspecified atom stereocenters. The molecule has 0 aliphatic heterocycles. The van der Waals surface area contributed by atoms with E-state index in [-0.39, 0.29) is 15.9 Å². The third-order valence-corrected chi connectivity index (χ3v) is 2.57. The normalized spacial score (nSPS) is 10.4. The Kier molecular flexibility index (Phi) is 4.17. The number of aromatic nitrogens is 1. The molecule has 0 atom stereocenters. The highest BCUT2D eigenvalue weighted by Gasteiger charge is 2.21. The Morgan fingerprint density at radius 1 is 1.50 bits per heavy atom. The van der Waals surface area contributed by atoms with Gasteiger partial charge in [0.15, 0.2) is 5.69 Å². The van der Waals surface area contributed by atoms with Gasteiger partial charge in [0.1, 0.15) is 11.4 Å². The number of pyridine rings is 1. The molecule has 0 aliphatic rings. The molecule has 0 aliphatic carbocycles. The number of methoxy groups -OCH3 is 2. The second-order valence-electron chi connectivity index (χ2n) is 2.70. The minimum absolute atomic E-state index is 0.0256. The highest BCUT2D eigenvalue weighted by Crippen LogP contribution is 2.33. The molecule has 0 amide bonds. The van der Waals surface area contributed by atoms with Crippen LogP contribution in [0.15, 0.2) is 10.5 Å². The Morgan fingerprint density at radius 2 is 2.12 bits per heavy atom. The van der Waals surface area contributed by atoms with Gasteiger partial charge in [0.25, 0.3) is 6.43 Å². The average Bonchev–Trinajstić information content (AvgIpc) is 2.27. The number of hydrogen-bond acceptors (Lipinski definition) is 4. The van der Waals surface area contributed by atoms with Crippen molar-refractivity contribution in [1.29, 1.82) is 0 Å². The van der Waals surface area contributed by atoms with Gasteiger partial charge in [-0.15, -0.1) is 0 Å². The Balaban J connectivity index is 3.34. The first-order valence-electron chi connectivity index (χ1n) is 4.12. The van der Waals surface area contributed by atoms with Crippen LogP contribution in [0.25, 0.3) is 0 Å². The summed E-state index contributed by atoms with van der Waals surface area (Å²) in [6, 6.07) is 1.22. The Hall–Kier alpha value is -1.24. The largest absolute Gasteiger partial charge is 0.495 e. The van der Waals surface area contributed by atoms with Crippen molar-refractivity contribution in [3.05, 3.63) is 21.9 Å². The van der Waals surface area contributed by atoms with E-state index < -0.39 is 18.1 Å². The molecule has 0 fully saturated rings. The van der Waals surface area contributed by atoms with Crippen LogP contribution in [0.2, 0.25) is 0 Å². The average molecular weight is 296 g/mol. The van der Waals surface area contributed by atoms with Gasteiger partial charge in [0.2, 0.25) is 0 Å². The lowest BCUT2D eigenvalue weighted by atomic mass is 10.3. The van der Waals surface area contributed by atoms with Crippen LogP contribution in [0.3, 0.4) is 0 Å². The smallest absolute Gasteiger partial charge is 0.356 e. The molecule has 0 spiro atoms. The third kappa shape index (κ3) is 2.46. The van der Waals surface area contributed by atoms with Crippen LogP contribution in [0.5, 0.6) is 5.75 Å². The highest BCUT2D eigenvalue weighted by atomic mass is 79.9. The minimum atomic E-state index is -2.81. The molecule has 7 heteroatoms. The van der Waals surface area contributed by atoms with Crippen molar-refractivity contribution in [3.63, 3.8) is 0 Å². The zero-order chi connectivity index (χ0) is 12.3. The predicted octanol–water partition coefficient (Wildman–Crippen LogP) is 2.58. The van der Waals surface area contributed by atoms with E-state index in [0.29, 0.717) is 0 Å². The molecule has 0 bridgehead atoms. The third-order valence-electron chi connectivity index (χ3n) is 1.77.